The van der Waals surface area contributed by atoms with Gasteiger partial charge in [0, 0.05) is 12.1 Å². The van der Waals surface area contributed by atoms with Crippen molar-refractivity contribution < 1.29 is 5.11 Å². The number of hydrogen-bond donors (Lipinski definition) is 2. The van der Waals surface area contributed by atoms with Crippen molar-refractivity contribution in [1.29, 1.82) is 0 Å². The third-order valence-corrected chi connectivity index (χ3v) is 3.61. The van der Waals surface area contributed by atoms with Crippen LogP contribution >= 0.6 is 0 Å². The lowest BCUT2D eigenvalue weighted by molar-refractivity contribution is 0.0859. The summed E-state index contributed by atoms with van der Waals surface area (Å²) in [6.07, 6.45) is 5.36. The number of aliphatic hydroxyl groups is 1. The highest BCUT2D eigenvalue weighted by Crippen LogP contribution is 2.19. The van der Waals surface area contributed by atoms with Crippen molar-refractivity contribution in [3.8, 4) is 0 Å². The normalized spacial score (nSPS) is 26.7. The van der Waals surface area contributed by atoms with Gasteiger partial charge in [0.1, 0.15) is 0 Å². The zero-order chi connectivity index (χ0) is 12.1. The molecule has 2 rings (SSSR count). The summed E-state index contributed by atoms with van der Waals surface area (Å²) < 4.78 is 0. The molecule has 2 N–H and O–H groups in total. The first-order valence-corrected chi connectivity index (χ1v) is 6.74. The number of benzene rings is 1. The third-order valence-electron chi connectivity index (χ3n) is 3.61. The highest BCUT2D eigenvalue weighted by atomic mass is 16.3. The molecule has 0 amide bonds. The summed E-state index contributed by atoms with van der Waals surface area (Å²) >= 11 is 0. The average Bonchev–Trinajstić information content (AvgIpc) is 2.33. The van der Waals surface area contributed by atoms with Crippen LogP contribution in [0.3, 0.4) is 0 Å². The molecule has 0 spiro atoms. The molecular formula is C15H23NO. The van der Waals surface area contributed by atoms with Gasteiger partial charge in [0.05, 0.1) is 6.10 Å². The quantitative estimate of drug-likeness (QED) is 0.837. The van der Waals surface area contributed by atoms with Gasteiger partial charge >= 0.3 is 0 Å². The molecule has 2 heteroatoms. The molecule has 0 saturated heterocycles. The predicted molar refractivity (Wildman–Crippen MR) is 71.0 cm³/mol. The van der Waals surface area contributed by atoms with E-state index in [9.17, 15) is 5.11 Å². The minimum Gasteiger partial charge on any atom is -0.392 e. The highest BCUT2D eigenvalue weighted by Gasteiger charge is 2.23. The molecule has 1 unspecified atom stereocenters. The number of aliphatic hydroxyl groups excluding tert-OH is 1. The van der Waals surface area contributed by atoms with Gasteiger partial charge < -0.3 is 10.4 Å². The Morgan fingerprint density at radius 3 is 2.65 bits per heavy atom. The van der Waals surface area contributed by atoms with Gasteiger partial charge in [-0.2, -0.15) is 0 Å². The lowest BCUT2D eigenvalue weighted by atomic mass is 9.91. The highest BCUT2D eigenvalue weighted by molar-refractivity contribution is 5.15. The van der Waals surface area contributed by atoms with Gasteiger partial charge in [-0.3, -0.25) is 0 Å². The predicted octanol–water partition coefficient (Wildman–Crippen LogP) is 2.51. The molecule has 0 bridgehead atoms. The molecule has 0 radical (unpaired) electrons. The maximum absolute atomic E-state index is 9.92. The van der Waals surface area contributed by atoms with E-state index >= 15 is 0 Å². The van der Waals surface area contributed by atoms with E-state index < -0.39 is 0 Å². The number of rotatable bonds is 4. The fourth-order valence-electron chi connectivity index (χ4n) is 2.70. The minimum absolute atomic E-state index is 0.151. The Morgan fingerprint density at radius 2 is 1.94 bits per heavy atom. The van der Waals surface area contributed by atoms with Crippen molar-refractivity contribution in [2.75, 3.05) is 0 Å². The molecular weight excluding hydrogens is 210 g/mol. The molecule has 1 aliphatic carbocycles. The lowest BCUT2D eigenvalue weighted by Gasteiger charge is -2.31. The van der Waals surface area contributed by atoms with E-state index in [1.807, 2.05) is 6.07 Å². The molecule has 94 valence electrons. The van der Waals surface area contributed by atoms with Crippen LogP contribution in [0.1, 0.15) is 38.2 Å². The van der Waals surface area contributed by atoms with E-state index in [4.69, 9.17) is 0 Å². The van der Waals surface area contributed by atoms with Gasteiger partial charge in [0.2, 0.25) is 0 Å². The van der Waals surface area contributed by atoms with E-state index in [2.05, 4.69) is 36.5 Å². The summed E-state index contributed by atoms with van der Waals surface area (Å²) in [5.74, 6) is 0. The van der Waals surface area contributed by atoms with Crippen molar-refractivity contribution in [3.63, 3.8) is 0 Å². The molecule has 1 aromatic rings. The Labute approximate surface area is 104 Å². The fraction of sp³-hybridized carbons (Fsp3) is 0.600. The van der Waals surface area contributed by atoms with E-state index in [0.717, 1.165) is 19.3 Å². The van der Waals surface area contributed by atoms with Crippen molar-refractivity contribution in [3.05, 3.63) is 35.9 Å². The Morgan fingerprint density at radius 1 is 1.24 bits per heavy atom. The summed E-state index contributed by atoms with van der Waals surface area (Å²) in [4.78, 5) is 0. The van der Waals surface area contributed by atoms with E-state index in [1.54, 1.807) is 0 Å². The van der Waals surface area contributed by atoms with Crippen LogP contribution in [0.15, 0.2) is 30.3 Å². The first kappa shape index (κ1) is 12.6. The minimum atomic E-state index is -0.151. The van der Waals surface area contributed by atoms with Crippen molar-refractivity contribution in [2.45, 2.75) is 57.2 Å². The molecule has 1 aromatic carbocycles. The van der Waals surface area contributed by atoms with Crippen LogP contribution in [-0.2, 0) is 6.42 Å². The van der Waals surface area contributed by atoms with E-state index in [-0.39, 0.29) is 6.10 Å². The molecule has 2 nitrogen and oxygen atoms in total. The number of hydrogen-bond acceptors (Lipinski definition) is 2. The van der Waals surface area contributed by atoms with E-state index in [0.29, 0.717) is 12.1 Å². The van der Waals surface area contributed by atoms with Crippen molar-refractivity contribution in [2.24, 2.45) is 0 Å². The maximum Gasteiger partial charge on any atom is 0.0693 e. The molecule has 17 heavy (non-hydrogen) atoms. The fourth-order valence-corrected chi connectivity index (χ4v) is 2.70. The largest absolute Gasteiger partial charge is 0.392 e. The van der Waals surface area contributed by atoms with Crippen LogP contribution in [0.4, 0.5) is 0 Å². The molecule has 1 saturated carbocycles. The standard InChI is InChI=1S/C15H23NO/c1-12(11-13-7-3-2-4-8-13)16-14-9-5-6-10-15(14)17/h2-4,7-8,12,14-17H,5-6,9-11H2,1H3/t12?,14-,15-/m1/s1. The zero-order valence-electron chi connectivity index (χ0n) is 10.6. The van der Waals surface area contributed by atoms with Crippen LogP contribution in [0.5, 0.6) is 0 Å². The van der Waals surface area contributed by atoms with Crippen LogP contribution in [0.25, 0.3) is 0 Å². The van der Waals surface area contributed by atoms with Gasteiger partial charge in [-0.15, -0.1) is 0 Å². The van der Waals surface area contributed by atoms with Crippen molar-refractivity contribution in [1.82, 2.24) is 5.32 Å². The van der Waals surface area contributed by atoms with Gasteiger partial charge in [-0.25, -0.2) is 0 Å². The Bertz CT molecular complexity index is 325. The van der Waals surface area contributed by atoms with Crippen LogP contribution in [-0.4, -0.2) is 23.3 Å². The molecule has 0 aliphatic heterocycles. The Hall–Kier alpha value is -0.860. The van der Waals surface area contributed by atoms with E-state index in [1.165, 1.54) is 18.4 Å². The van der Waals surface area contributed by atoms with Gasteiger partial charge in [-0.1, -0.05) is 43.2 Å². The third kappa shape index (κ3) is 3.83. The molecule has 1 fully saturated rings. The van der Waals surface area contributed by atoms with Crippen LogP contribution in [0.2, 0.25) is 0 Å². The maximum atomic E-state index is 9.92. The summed E-state index contributed by atoms with van der Waals surface area (Å²) in [6, 6.07) is 11.3. The average molecular weight is 233 g/mol. The van der Waals surface area contributed by atoms with Gasteiger partial charge in [0.25, 0.3) is 0 Å². The molecule has 3 atom stereocenters. The smallest absolute Gasteiger partial charge is 0.0693 e. The second-order valence-electron chi connectivity index (χ2n) is 5.22. The second-order valence-corrected chi connectivity index (χ2v) is 5.22. The zero-order valence-corrected chi connectivity index (χ0v) is 10.6. The summed E-state index contributed by atoms with van der Waals surface area (Å²) in [5, 5.41) is 13.5. The topological polar surface area (TPSA) is 32.3 Å². The summed E-state index contributed by atoms with van der Waals surface area (Å²) in [6.45, 7) is 2.20. The monoisotopic (exact) mass is 233 g/mol. The van der Waals surface area contributed by atoms with Gasteiger partial charge in [-0.05, 0) is 31.7 Å². The van der Waals surface area contributed by atoms with Crippen LogP contribution < -0.4 is 5.32 Å². The SMILES string of the molecule is CC(Cc1ccccc1)N[C@@H]1CCCC[C@H]1O. The van der Waals surface area contributed by atoms with Gasteiger partial charge in [0.15, 0.2) is 0 Å². The summed E-state index contributed by atoms with van der Waals surface area (Å²) in [5.41, 5.74) is 1.36. The van der Waals surface area contributed by atoms with Crippen molar-refractivity contribution >= 4 is 0 Å². The number of nitrogens with one attached hydrogen (secondary N) is 1. The van der Waals surface area contributed by atoms with Crippen LogP contribution in [0, 0.1) is 0 Å². The lowest BCUT2D eigenvalue weighted by Crippen LogP contribution is -2.46. The summed E-state index contributed by atoms with van der Waals surface area (Å²) in [7, 11) is 0. The molecule has 0 heterocycles. The Balaban J connectivity index is 1.82. The second kappa shape index (κ2) is 6.18. The first-order valence-electron chi connectivity index (χ1n) is 6.74. The molecule has 1 aliphatic rings. The Kier molecular flexibility index (Phi) is 4.57. The first-order chi connectivity index (χ1) is 8.25. The molecule has 0 aromatic heterocycles.